The average Bonchev–Trinajstić information content (AvgIpc) is 2.63. The summed E-state index contributed by atoms with van der Waals surface area (Å²) in [5.74, 6) is -2.06. The fourth-order valence-electron chi connectivity index (χ4n) is 2.50. The van der Waals surface area contributed by atoms with Gasteiger partial charge in [-0.25, -0.2) is 9.59 Å². The van der Waals surface area contributed by atoms with Crippen LogP contribution >= 0.6 is 22.6 Å². The largest absolute Gasteiger partial charge is 0.514 e. The first-order valence-corrected chi connectivity index (χ1v) is 8.74. The highest BCUT2D eigenvalue weighted by Crippen LogP contribution is 2.30. The number of fused-ring (bicyclic) bond motifs is 1. The molecule has 0 saturated heterocycles. The predicted octanol–water partition coefficient (Wildman–Crippen LogP) is 4.27. The predicted molar refractivity (Wildman–Crippen MR) is 104 cm³/mol. The Labute approximate surface area is 166 Å². The van der Waals surface area contributed by atoms with Gasteiger partial charge in [-0.3, -0.25) is 0 Å². The summed E-state index contributed by atoms with van der Waals surface area (Å²) < 4.78 is 10.6. The molecule has 0 atom stereocenters. The molecule has 0 aliphatic heterocycles. The van der Waals surface area contributed by atoms with E-state index < -0.39 is 23.4 Å². The molecule has 0 heterocycles. The highest BCUT2D eigenvalue weighted by molar-refractivity contribution is 14.1. The molecule has 8 heteroatoms. The number of phenols is 2. The molecule has 3 N–H and O–H groups in total. The van der Waals surface area contributed by atoms with E-state index in [1.165, 1.54) is 18.2 Å². The third-order valence-corrected chi connectivity index (χ3v) is 4.90. The number of rotatable bonds is 4. The van der Waals surface area contributed by atoms with E-state index in [-0.39, 0.29) is 18.1 Å². The van der Waals surface area contributed by atoms with Crippen molar-refractivity contribution in [2.45, 2.75) is 6.61 Å². The van der Waals surface area contributed by atoms with Gasteiger partial charge < -0.3 is 24.8 Å². The summed E-state index contributed by atoms with van der Waals surface area (Å²) in [5.41, 5.74) is 0.171. The van der Waals surface area contributed by atoms with Crippen LogP contribution in [0.3, 0.4) is 0 Å². The second-order valence-electron chi connectivity index (χ2n) is 5.55. The van der Waals surface area contributed by atoms with Gasteiger partial charge in [0.25, 0.3) is 0 Å². The van der Waals surface area contributed by atoms with Gasteiger partial charge in [-0.2, -0.15) is 0 Å². The first-order chi connectivity index (χ1) is 12.9. The van der Waals surface area contributed by atoms with Crippen molar-refractivity contribution in [2.24, 2.45) is 0 Å². The molecule has 138 valence electrons. The van der Waals surface area contributed by atoms with Crippen LogP contribution in [0.2, 0.25) is 0 Å². The van der Waals surface area contributed by atoms with Crippen LogP contribution in [0.15, 0.2) is 48.5 Å². The first-order valence-electron chi connectivity index (χ1n) is 7.67. The Kier molecular flexibility index (Phi) is 5.36. The van der Waals surface area contributed by atoms with Gasteiger partial charge in [0.15, 0.2) is 5.75 Å². The van der Waals surface area contributed by atoms with Crippen molar-refractivity contribution in [1.29, 1.82) is 0 Å². The van der Waals surface area contributed by atoms with Crippen LogP contribution in [0, 0.1) is 3.57 Å². The number of benzene rings is 3. The molecule has 3 aromatic rings. The van der Waals surface area contributed by atoms with Crippen molar-refractivity contribution in [1.82, 2.24) is 0 Å². The second kappa shape index (κ2) is 7.70. The van der Waals surface area contributed by atoms with Crippen LogP contribution < -0.4 is 4.74 Å². The van der Waals surface area contributed by atoms with Crippen LogP contribution in [-0.2, 0) is 11.3 Å². The number of aromatic hydroxyl groups is 2. The molecule has 0 saturated carbocycles. The maximum atomic E-state index is 11.9. The van der Waals surface area contributed by atoms with Gasteiger partial charge in [-0.15, -0.1) is 0 Å². The molecule has 0 amide bonds. The van der Waals surface area contributed by atoms with Crippen molar-refractivity contribution in [3.05, 3.63) is 63.2 Å². The van der Waals surface area contributed by atoms with E-state index in [9.17, 15) is 19.8 Å². The lowest BCUT2D eigenvalue weighted by atomic mass is 10.1. The lowest BCUT2D eigenvalue weighted by Gasteiger charge is -2.10. The van der Waals surface area contributed by atoms with Crippen LogP contribution in [-0.4, -0.2) is 27.4 Å². The van der Waals surface area contributed by atoms with Crippen molar-refractivity contribution in [2.75, 3.05) is 0 Å². The van der Waals surface area contributed by atoms with E-state index in [0.29, 0.717) is 5.56 Å². The van der Waals surface area contributed by atoms with Gasteiger partial charge in [-0.1, -0.05) is 24.3 Å². The SMILES string of the molecule is O=C(OCc1ccc2c(I)c(O)ccc2c1)Oc1cccc(O)c1C(=O)O. The van der Waals surface area contributed by atoms with Crippen LogP contribution in [0.25, 0.3) is 10.8 Å². The number of hydrogen-bond donors (Lipinski definition) is 3. The summed E-state index contributed by atoms with van der Waals surface area (Å²) >= 11 is 2.05. The standard InChI is InChI=1S/C19H13IO7/c20-17-12-6-4-10(8-11(12)5-7-14(17)22)9-26-19(25)27-15-3-1-2-13(21)16(15)18(23)24/h1-8,21-22H,9H2,(H,23,24). The molecule has 0 aliphatic carbocycles. The molecule has 3 aromatic carbocycles. The molecule has 27 heavy (non-hydrogen) atoms. The monoisotopic (exact) mass is 480 g/mol. The summed E-state index contributed by atoms with van der Waals surface area (Å²) in [6.07, 6.45) is -1.09. The van der Waals surface area contributed by atoms with Gasteiger partial charge in [0.05, 0.1) is 3.57 Å². The van der Waals surface area contributed by atoms with Gasteiger partial charge in [0, 0.05) is 0 Å². The Bertz CT molecular complexity index is 1050. The van der Waals surface area contributed by atoms with E-state index in [4.69, 9.17) is 14.6 Å². The molecule has 0 spiro atoms. The smallest absolute Gasteiger partial charge is 0.507 e. The zero-order valence-electron chi connectivity index (χ0n) is 13.7. The van der Waals surface area contributed by atoms with E-state index in [2.05, 4.69) is 0 Å². The molecule has 7 nitrogen and oxygen atoms in total. The molecule has 0 aliphatic rings. The number of halogens is 1. The molecular formula is C19H13IO7. The fourth-order valence-corrected chi connectivity index (χ4v) is 3.17. The summed E-state index contributed by atoms with van der Waals surface area (Å²) in [4.78, 5) is 23.0. The third-order valence-electron chi connectivity index (χ3n) is 3.77. The lowest BCUT2D eigenvalue weighted by molar-refractivity contribution is 0.0684. The number of hydrogen-bond acceptors (Lipinski definition) is 6. The quantitative estimate of drug-likeness (QED) is 0.291. The molecule has 0 radical (unpaired) electrons. The number of ether oxygens (including phenoxy) is 2. The molecule has 3 rings (SSSR count). The number of aromatic carboxylic acids is 1. The van der Waals surface area contributed by atoms with Crippen LogP contribution in [0.5, 0.6) is 17.2 Å². The molecule has 0 aromatic heterocycles. The second-order valence-corrected chi connectivity index (χ2v) is 6.63. The normalized spacial score (nSPS) is 10.6. The van der Waals surface area contributed by atoms with E-state index >= 15 is 0 Å². The van der Waals surface area contributed by atoms with E-state index in [1.54, 1.807) is 30.3 Å². The van der Waals surface area contributed by atoms with Crippen molar-refractivity contribution < 1.29 is 34.4 Å². The Morgan fingerprint density at radius 1 is 1.00 bits per heavy atom. The number of phenolic OH excluding ortho intramolecular Hbond substituents is 1. The summed E-state index contributed by atoms with van der Waals surface area (Å²) in [5, 5.41) is 30.2. The molecule has 0 unspecified atom stereocenters. The van der Waals surface area contributed by atoms with E-state index in [0.717, 1.165) is 14.3 Å². The van der Waals surface area contributed by atoms with E-state index in [1.807, 2.05) is 22.6 Å². The lowest BCUT2D eigenvalue weighted by Crippen LogP contribution is -2.13. The zero-order chi connectivity index (χ0) is 19.6. The van der Waals surface area contributed by atoms with Gasteiger partial charge in [-0.05, 0) is 63.2 Å². The molecular weight excluding hydrogens is 467 g/mol. The maximum Gasteiger partial charge on any atom is 0.514 e. The highest BCUT2D eigenvalue weighted by Gasteiger charge is 2.19. The number of carbonyl (C=O) groups is 2. The highest BCUT2D eigenvalue weighted by atomic mass is 127. The van der Waals surface area contributed by atoms with Crippen molar-refractivity contribution in [3.8, 4) is 17.2 Å². The number of carboxylic acid groups (broad SMARTS) is 1. The van der Waals surface area contributed by atoms with Crippen molar-refractivity contribution in [3.63, 3.8) is 0 Å². The Balaban J connectivity index is 1.71. The summed E-state index contributed by atoms with van der Waals surface area (Å²) in [6, 6.07) is 12.5. The van der Waals surface area contributed by atoms with Crippen LogP contribution in [0.4, 0.5) is 4.79 Å². The molecule has 0 bridgehead atoms. The fraction of sp³-hybridized carbons (Fsp3) is 0.0526. The maximum absolute atomic E-state index is 11.9. The third kappa shape index (κ3) is 4.05. The van der Waals surface area contributed by atoms with Gasteiger partial charge in [0.1, 0.15) is 23.7 Å². The van der Waals surface area contributed by atoms with Crippen LogP contribution in [0.1, 0.15) is 15.9 Å². The minimum absolute atomic E-state index is 0.0898. The van der Waals surface area contributed by atoms with Gasteiger partial charge >= 0.3 is 12.1 Å². The minimum Gasteiger partial charge on any atom is -0.507 e. The first kappa shape index (κ1) is 18.8. The Morgan fingerprint density at radius 2 is 1.78 bits per heavy atom. The van der Waals surface area contributed by atoms with Gasteiger partial charge in [0.2, 0.25) is 0 Å². The number of carbonyl (C=O) groups excluding carboxylic acids is 1. The topological polar surface area (TPSA) is 113 Å². The minimum atomic E-state index is -1.43. The Morgan fingerprint density at radius 3 is 2.52 bits per heavy atom. The number of carboxylic acids is 1. The average molecular weight is 480 g/mol. The Hall–Kier alpha value is -3.01. The summed E-state index contributed by atoms with van der Waals surface area (Å²) in [7, 11) is 0. The zero-order valence-corrected chi connectivity index (χ0v) is 15.8. The summed E-state index contributed by atoms with van der Waals surface area (Å²) in [6.45, 7) is -0.0898. The molecule has 0 fully saturated rings. The van der Waals surface area contributed by atoms with Crippen molar-refractivity contribution >= 4 is 45.5 Å².